The van der Waals surface area contributed by atoms with Gasteiger partial charge < -0.3 is 15.2 Å². The van der Waals surface area contributed by atoms with Gasteiger partial charge in [-0.3, -0.25) is 4.79 Å². The highest BCUT2D eigenvalue weighted by Gasteiger charge is 2.31. The predicted octanol–water partition coefficient (Wildman–Crippen LogP) is 3.30. The summed E-state index contributed by atoms with van der Waals surface area (Å²) >= 11 is 3.31. The number of carbonyl (C=O) groups excluding carboxylic acids is 1. The Balaban J connectivity index is 1.79. The van der Waals surface area contributed by atoms with Crippen LogP contribution in [0, 0.1) is 5.92 Å². The molecule has 5 heteroatoms. The Hall–Kier alpha value is -1.07. The van der Waals surface area contributed by atoms with Crippen molar-refractivity contribution in [1.82, 2.24) is 0 Å². The van der Waals surface area contributed by atoms with Gasteiger partial charge in [0.05, 0.1) is 11.8 Å². The number of aromatic hydroxyl groups is 1. The second-order valence-electron chi connectivity index (χ2n) is 4.83. The predicted molar refractivity (Wildman–Crippen MR) is 77.2 cm³/mol. The average molecular weight is 328 g/mol. The van der Waals surface area contributed by atoms with E-state index < -0.39 is 0 Å². The topological polar surface area (TPSA) is 58.6 Å². The summed E-state index contributed by atoms with van der Waals surface area (Å²) < 4.78 is 6.16. The first-order chi connectivity index (χ1) is 9.08. The van der Waals surface area contributed by atoms with Gasteiger partial charge >= 0.3 is 0 Å². The molecule has 2 rings (SSSR count). The molecule has 0 aromatic heterocycles. The van der Waals surface area contributed by atoms with Crippen LogP contribution in [-0.2, 0) is 9.53 Å². The molecule has 1 aliphatic rings. The lowest BCUT2D eigenvalue weighted by molar-refractivity contribution is -0.119. The molecular weight excluding hydrogens is 310 g/mol. The van der Waals surface area contributed by atoms with Gasteiger partial charge in [0, 0.05) is 17.5 Å². The molecule has 1 aliphatic carbocycles. The molecule has 1 fully saturated rings. The van der Waals surface area contributed by atoms with Gasteiger partial charge in [0.25, 0.3) is 0 Å². The summed E-state index contributed by atoms with van der Waals surface area (Å²) in [6.07, 6.45) is 2.80. The number of hydrogen-bond donors (Lipinski definition) is 2. The second kappa shape index (κ2) is 6.39. The molecule has 104 valence electrons. The van der Waals surface area contributed by atoms with Crippen LogP contribution in [0.1, 0.15) is 26.2 Å². The van der Waals surface area contributed by atoms with Crippen molar-refractivity contribution in [2.45, 2.75) is 32.3 Å². The lowest BCUT2D eigenvalue weighted by Crippen LogP contribution is -2.33. The fourth-order valence-electron chi connectivity index (χ4n) is 2.28. The summed E-state index contributed by atoms with van der Waals surface area (Å²) in [4.78, 5) is 11.9. The highest BCUT2D eigenvalue weighted by atomic mass is 79.9. The van der Waals surface area contributed by atoms with E-state index in [9.17, 15) is 9.90 Å². The SMILES string of the molecule is CCOC1CC(CC(=O)Nc2ccc(O)cc2Br)C1. The van der Waals surface area contributed by atoms with E-state index in [1.54, 1.807) is 18.2 Å². The molecule has 0 spiro atoms. The standard InChI is InChI=1S/C14H18BrNO3/c1-2-19-11-5-9(6-11)7-14(18)16-13-4-3-10(17)8-12(13)15/h3-4,8-9,11,17H,2,5-7H2,1H3,(H,16,18). The Morgan fingerprint density at radius 2 is 2.26 bits per heavy atom. The maximum Gasteiger partial charge on any atom is 0.224 e. The van der Waals surface area contributed by atoms with Gasteiger partial charge in [-0.2, -0.15) is 0 Å². The van der Waals surface area contributed by atoms with Crippen LogP contribution < -0.4 is 5.32 Å². The second-order valence-corrected chi connectivity index (χ2v) is 5.69. The van der Waals surface area contributed by atoms with Crippen LogP contribution in [0.5, 0.6) is 5.75 Å². The maximum atomic E-state index is 11.9. The molecule has 0 atom stereocenters. The number of ether oxygens (including phenoxy) is 1. The molecule has 0 saturated heterocycles. The van der Waals surface area contributed by atoms with E-state index in [0.29, 0.717) is 28.6 Å². The lowest BCUT2D eigenvalue weighted by atomic mass is 9.80. The number of rotatable bonds is 5. The van der Waals surface area contributed by atoms with E-state index in [4.69, 9.17) is 4.74 Å². The summed E-state index contributed by atoms with van der Waals surface area (Å²) in [5.41, 5.74) is 0.684. The molecule has 2 N–H and O–H groups in total. The highest BCUT2D eigenvalue weighted by molar-refractivity contribution is 9.10. The zero-order valence-electron chi connectivity index (χ0n) is 10.9. The minimum absolute atomic E-state index is 0.00587. The molecule has 19 heavy (non-hydrogen) atoms. The van der Waals surface area contributed by atoms with Crippen LogP contribution in [0.4, 0.5) is 5.69 Å². The van der Waals surface area contributed by atoms with Crippen LogP contribution in [0.25, 0.3) is 0 Å². The van der Waals surface area contributed by atoms with Crippen LogP contribution in [0.2, 0.25) is 0 Å². The Morgan fingerprint density at radius 1 is 1.53 bits per heavy atom. The van der Waals surface area contributed by atoms with Gasteiger partial charge in [-0.05, 0) is 59.8 Å². The molecule has 0 aliphatic heterocycles. The lowest BCUT2D eigenvalue weighted by Gasteiger charge is -2.34. The third-order valence-electron chi connectivity index (χ3n) is 3.30. The average Bonchev–Trinajstić information content (AvgIpc) is 2.30. The maximum absolute atomic E-state index is 11.9. The van der Waals surface area contributed by atoms with Gasteiger partial charge in [-0.15, -0.1) is 0 Å². The first-order valence-electron chi connectivity index (χ1n) is 6.48. The summed E-state index contributed by atoms with van der Waals surface area (Å²) in [5.74, 6) is 0.599. The van der Waals surface area contributed by atoms with E-state index in [2.05, 4.69) is 21.2 Å². The fraction of sp³-hybridized carbons (Fsp3) is 0.500. The number of phenols is 1. The molecular formula is C14H18BrNO3. The number of anilines is 1. The van der Waals surface area contributed by atoms with E-state index >= 15 is 0 Å². The summed E-state index contributed by atoms with van der Waals surface area (Å²) in [6.45, 7) is 2.73. The monoisotopic (exact) mass is 327 g/mol. The van der Waals surface area contributed by atoms with E-state index in [1.807, 2.05) is 6.92 Å². The molecule has 0 bridgehead atoms. The van der Waals surface area contributed by atoms with E-state index in [1.165, 1.54) is 0 Å². The number of halogens is 1. The van der Waals surface area contributed by atoms with E-state index in [0.717, 1.165) is 19.4 Å². The number of benzene rings is 1. The van der Waals surface area contributed by atoms with Crippen molar-refractivity contribution >= 4 is 27.5 Å². The van der Waals surface area contributed by atoms with Crippen molar-refractivity contribution in [3.05, 3.63) is 22.7 Å². The van der Waals surface area contributed by atoms with Crippen molar-refractivity contribution in [3.8, 4) is 5.75 Å². The minimum Gasteiger partial charge on any atom is -0.508 e. The van der Waals surface area contributed by atoms with Crippen molar-refractivity contribution in [1.29, 1.82) is 0 Å². The zero-order valence-corrected chi connectivity index (χ0v) is 12.4. The van der Waals surface area contributed by atoms with Crippen LogP contribution in [-0.4, -0.2) is 23.7 Å². The Kier molecular flexibility index (Phi) is 4.82. The molecule has 0 heterocycles. The highest BCUT2D eigenvalue weighted by Crippen LogP contribution is 2.33. The quantitative estimate of drug-likeness (QED) is 0.816. The van der Waals surface area contributed by atoms with Crippen molar-refractivity contribution in [3.63, 3.8) is 0 Å². The minimum atomic E-state index is 0.00587. The zero-order chi connectivity index (χ0) is 13.8. The van der Waals surface area contributed by atoms with Gasteiger partial charge in [-0.25, -0.2) is 0 Å². The molecule has 1 amide bonds. The third-order valence-corrected chi connectivity index (χ3v) is 3.95. The third kappa shape index (κ3) is 3.94. The van der Waals surface area contributed by atoms with E-state index in [-0.39, 0.29) is 11.7 Å². The Labute approximate surface area is 121 Å². The fourth-order valence-corrected chi connectivity index (χ4v) is 2.75. The molecule has 1 saturated carbocycles. The first-order valence-corrected chi connectivity index (χ1v) is 7.27. The van der Waals surface area contributed by atoms with Gasteiger partial charge in [0.15, 0.2) is 0 Å². The molecule has 1 aromatic carbocycles. The number of amides is 1. The number of carbonyl (C=O) groups is 1. The summed E-state index contributed by atoms with van der Waals surface area (Å²) in [6, 6.07) is 4.79. The Morgan fingerprint density at radius 3 is 2.89 bits per heavy atom. The van der Waals surface area contributed by atoms with Crippen molar-refractivity contribution < 1.29 is 14.6 Å². The molecule has 1 aromatic rings. The van der Waals surface area contributed by atoms with Crippen LogP contribution in [0.15, 0.2) is 22.7 Å². The normalized spacial score (nSPS) is 21.8. The number of nitrogens with one attached hydrogen (secondary N) is 1. The van der Waals surface area contributed by atoms with Gasteiger partial charge in [-0.1, -0.05) is 0 Å². The Bertz CT molecular complexity index is 458. The van der Waals surface area contributed by atoms with Crippen LogP contribution in [0.3, 0.4) is 0 Å². The smallest absolute Gasteiger partial charge is 0.224 e. The van der Waals surface area contributed by atoms with Crippen molar-refractivity contribution in [2.24, 2.45) is 5.92 Å². The number of hydrogen-bond acceptors (Lipinski definition) is 3. The first kappa shape index (κ1) is 14.3. The molecule has 0 radical (unpaired) electrons. The summed E-state index contributed by atoms with van der Waals surface area (Å²) in [5, 5.41) is 12.1. The van der Waals surface area contributed by atoms with Crippen molar-refractivity contribution in [2.75, 3.05) is 11.9 Å². The summed E-state index contributed by atoms with van der Waals surface area (Å²) in [7, 11) is 0. The van der Waals surface area contributed by atoms with Gasteiger partial charge in [0.1, 0.15) is 5.75 Å². The molecule has 0 unspecified atom stereocenters. The molecule has 4 nitrogen and oxygen atoms in total. The van der Waals surface area contributed by atoms with Gasteiger partial charge in [0.2, 0.25) is 5.91 Å². The number of phenolic OH excluding ortho intramolecular Hbond substituents is 1. The van der Waals surface area contributed by atoms with Crippen LogP contribution >= 0.6 is 15.9 Å². The largest absolute Gasteiger partial charge is 0.508 e.